The SMILES string of the molecule is COc1ccc(Cl)cc1NC(=O)c1cnn(-c2cccc(Cl)c2C)c1C1CCN(C(=O)OC(C)(C)C)CC1. The summed E-state index contributed by atoms with van der Waals surface area (Å²) in [6.45, 7) is 8.48. The maximum Gasteiger partial charge on any atom is 0.410 e. The van der Waals surface area contributed by atoms with Crippen molar-refractivity contribution in [2.24, 2.45) is 0 Å². The molecule has 0 saturated carbocycles. The van der Waals surface area contributed by atoms with Gasteiger partial charge >= 0.3 is 6.09 Å². The van der Waals surface area contributed by atoms with Gasteiger partial charge in [0.2, 0.25) is 0 Å². The van der Waals surface area contributed by atoms with Gasteiger partial charge in [-0.05, 0) is 76.4 Å². The minimum atomic E-state index is -0.566. The Morgan fingerprint density at radius 1 is 1.11 bits per heavy atom. The zero-order chi connectivity index (χ0) is 27.6. The molecule has 2 heterocycles. The van der Waals surface area contributed by atoms with Crippen LogP contribution in [0.15, 0.2) is 42.6 Å². The smallest absolute Gasteiger partial charge is 0.410 e. The molecule has 0 atom stereocenters. The largest absolute Gasteiger partial charge is 0.495 e. The third kappa shape index (κ3) is 6.08. The first-order valence-corrected chi connectivity index (χ1v) is 13.2. The first-order chi connectivity index (χ1) is 18.0. The summed E-state index contributed by atoms with van der Waals surface area (Å²) in [4.78, 5) is 27.9. The molecule has 1 aromatic heterocycles. The second-order valence-corrected chi connectivity index (χ2v) is 11.1. The van der Waals surface area contributed by atoms with Crippen molar-refractivity contribution in [1.29, 1.82) is 0 Å². The highest BCUT2D eigenvalue weighted by Crippen LogP contribution is 2.35. The number of carbonyl (C=O) groups excluding carboxylic acids is 2. The highest BCUT2D eigenvalue weighted by Gasteiger charge is 2.32. The molecular formula is C28H32Cl2N4O4. The predicted octanol–water partition coefficient (Wildman–Crippen LogP) is 6.86. The lowest BCUT2D eigenvalue weighted by atomic mass is 9.90. The van der Waals surface area contributed by atoms with E-state index in [1.165, 1.54) is 7.11 Å². The van der Waals surface area contributed by atoms with Gasteiger partial charge in [-0.25, -0.2) is 9.48 Å². The molecule has 0 aliphatic carbocycles. The Bertz CT molecular complexity index is 1340. The molecule has 0 bridgehead atoms. The molecule has 1 aliphatic heterocycles. The molecule has 0 spiro atoms. The van der Waals surface area contributed by atoms with Gasteiger partial charge in [0.05, 0.1) is 35.9 Å². The van der Waals surface area contributed by atoms with Crippen LogP contribution < -0.4 is 10.1 Å². The van der Waals surface area contributed by atoms with Gasteiger partial charge in [-0.1, -0.05) is 29.3 Å². The quantitative estimate of drug-likeness (QED) is 0.369. The standard InChI is InChI=1S/C28H32Cl2N4O4/c1-17-21(30)7-6-8-23(17)34-25(18-11-13-33(14-12-18)27(36)38-28(2,3)4)20(16-31-34)26(35)32-22-15-19(29)9-10-24(22)37-5/h6-10,15-16,18H,11-14H2,1-5H3,(H,32,35). The fourth-order valence-corrected chi connectivity index (χ4v) is 4.91. The fourth-order valence-electron chi connectivity index (χ4n) is 4.57. The molecule has 38 heavy (non-hydrogen) atoms. The number of methoxy groups -OCH3 is 1. The third-order valence-electron chi connectivity index (χ3n) is 6.46. The van der Waals surface area contributed by atoms with E-state index in [0.717, 1.165) is 16.9 Å². The highest BCUT2D eigenvalue weighted by atomic mass is 35.5. The van der Waals surface area contributed by atoms with E-state index in [1.54, 1.807) is 34.0 Å². The second-order valence-electron chi connectivity index (χ2n) is 10.3. The van der Waals surface area contributed by atoms with Crippen LogP contribution in [0.4, 0.5) is 10.5 Å². The molecule has 3 aromatic rings. The molecule has 2 amide bonds. The van der Waals surface area contributed by atoms with E-state index in [0.29, 0.717) is 53.0 Å². The minimum Gasteiger partial charge on any atom is -0.495 e. The Morgan fingerprint density at radius 3 is 2.47 bits per heavy atom. The Hall–Kier alpha value is -3.23. The van der Waals surface area contributed by atoms with E-state index in [9.17, 15) is 9.59 Å². The number of benzene rings is 2. The van der Waals surface area contributed by atoms with Crippen molar-refractivity contribution < 1.29 is 19.1 Å². The lowest BCUT2D eigenvalue weighted by molar-refractivity contribution is 0.0203. The molecule has 4 rings (SSSR count). The van der Waals surface area contributed by atoms with E-state index in [-0.39, 0.29) is 17.9 Å². The molecule has 1 N–H and O–H groups in total. The van der Waals surface area contributed by atoms with Crippen LogP contribution in [0.25, 0.3) is 5.69 Å². The molecule has 0 unspecified atom stereocenters. The van der Waals surface area contributed by atoms with Crippen LogP contribution in [-0.4, -0.2) is 52.5 Å². The van der Waals surface area contributed by atoms with E-state index in [4.69, 9.17) is 32.7 Å². The van der Waals surface area contributed by atoms with Gasteiger partial charge in [-0.2, -0.15) is 5.10 Å². The maximum atomic E-state index is 13.6. The van der Waals surface area contributed by atoms with Crippen molar-refractivity contribution in [1.82, 2.24) is 14.7 Å². The van der Waals surface area contributed by atoms with Crippen LogP contribution in [-0.2, 0) is 4.74 Å². The number of nitrogens with zero attached hydrogens (tertiary/aromatic N) is 3. The summed E-state index contributed by atoms with van der Waals surface area (Å²) >= 11 is 12.6. The van der Waals surface area contributed by atoms with Crippen LogP contribution in [0.3, 0.4) is 0 Å². The highest BCUT2D eigenvalue weighted by molar-refractivity contribution is 6.31. The number of anilines is 1. The third-order valence-corrected chi connectivity index (χ3v) is 7.11. The monoisotopic (exact) mass is 558 g/mol. The van der Waals surface area contributed by atoms with Crippen molar-refractivity contribution in [2.75, 3.05) is 25.5 Å². The number of hydrogen-bond donors (Lipinski definition) is 1. The molecule has 1 fully saturated rings. The first kappa shape index (κ1) is 27.8. The molecular weight excluding hydrogens is 527 g/mol. The van der Waals surface area contributed by atoms with E-state index in [2.05, 4.69) is 10.4 Å². The second kappa shape index (κ2) is 11.3. The number of ether oxygens (including phenoxy) is 2. The van der Waals surface area contributed by atoms with Crippen LogP contribution in [0, 0.1) is 6.92 Å². The van der Waals surface area contributed by atoms with Crippen LogP contribution in [0.2, 0.25) is 10.0 Å². The number of likely N-dealkylation sites (tertiary alicyclic amines) is 1. The van der Waals surface area contributed by atoms with Gasteiger partial charge in [0.25, 0.3) is 5.91 Å². The summed E-state index contributed by atoms with van der Waals surface area (Å²) in [5, 5.41) is 8.64. The van der Waals surface area contributed by atoms with Gasteiger partial charge in [0.15, 0.2) is 0 Å². The Labute approximate surface area is 232 Å². The van der Waals surface area contributed by atoms with Crippen molar-refractivity contribution in [3.63, 3.8) is 0 Å². The number of nitrogens with one attached hydrogen (secondary N) is 1. The number of carbonyl (C=O) groups is 2. The average molecular weight is 559 g/mol. The van der Waals surface area contributed by atoms with Crippen molar-refractivity contribution in [3.8, 4) is 11.4 Å². The van der Waals surface area contributed by atoms with Gasteiger partial charge in [0, 0.05) is 29.1 Å². The molecule has 8 nitrogen and oxygen atoms in total. The number of halogens is 2. The summed E-state index contributed by atoms with van der Waals surface area (Å²) in [5.74, 6) is 0.130. The Kier molecular flexibility index (Phi) is 8.23. The number of rotatable bonds is 5. The van der Waals surface area contributed by atoms with Crippen molar-refractivity contribution in [2.45, 2.75) is 52.1 Å². The molecule has 202 valence electrons. The molecule has 1 aliphatic rings. The van der Waals surface area contributed by atoms with Gasteiger partial charge in [-0.3, -0.25) is 4.79 Å². The summed E-state index contributed by atoms with van der Waals surface area (Å²) in [5.41, 5.74) is 2.74. The summed E-state index contributed by atoms with van der Waals surface area (Å²) < 4.78 is 12.7. The molecule has 0 radical (unpaired) electrons. The summed E-state index contributed by atoms with van der Waals surface area (Å²) in [6.07, 6.45) is 2.53. The molecule has 2 aromatic carbocycles. The zero-order valence-corrected chi connectivity index (χ0v) is 23.7. The van der Waals surface area contributed by atoms with Gasteiger partial charge < -0.3 is 19.7 Å². The lowest BCUT2D eigenvalue weighted by Gasteiger charge is -2.34. The number of piperidine rings is 1. The van der Waals surface area contributed by atoms with Crippen LogP contribution in [0.1, 0.15) is 61.1 Å². The predicted molar refractivity (Wildman–Crippen MR) is 149 cm³/mol. The molecule has 10 heteroatoms. The fraction of sp³-hybridized carbons (Fsp3) is 0.393. The zero-order valence-electron chi connectivity index (χ0n) is 22.2. The van der Waals surface area contributed by atoms with E-state index >= 15 is 0 Å². The van der Waals surface area contributed by atoms with Crippen molar-refractivity contribution >= 4 is 40.9 Å². The van der Waals surface area contributed by atoms with E-state index < -0.39 is 5.60 Å². The summed E-state index contributed by atoms with van der Waals surface area (Å²) in [7, 11) is 1.53. The van der Waals surface area contributed by atoms with Crippen molar-refractivity contribution in [3.05, 3.63) is 69.5 Å². The Balaban J connectivity index is 1.68. The van der Waals surface area contributed by atoms with Crippen LogP contribution >= 0.6 is 23.2 Å². The summed E-state index contributed by atoms with van der Waals surface area (Å²) in [6, 6.07) is 10.6. The first-order valence-electron chi connectivity index (χ1n) is 12.4. The lowest BCUT2D eigenvalue weighted by Crippen LogP contribution is -2.41. The van der Waals surface area contributed by atoms with Crippen LogP contribution in [0.5, 0.6) is 5.75 Å². The topological polar surface area (TPSA) is 85.7 Å². The Morgan fingerprint density at radius 2 is 1.82 bits per heavy atom. The van der Waals surface area contributed by atoms with Gasteiger partial charge in [0.1, 0.15) is 11.4 Å². The minimum absolute atomic E-state index is 0.0309. The van der Waals surface area contributed by atoms with E-state index in [1.807, 2.05) is 45.9 Å². The number of amides is 2. The number of hydrogen-bond acceptors (Lipinski definition) is 5. The normalized spacial score (nSPS) is 14.3. The average Bonchev–Trinajstić information content (AvgIpc) is 3.30. The molecule has 1 saturated heterocycles. The van der Waals surface area contributed by atoms with Gasteiger partial charge in [-0.15, -0.1) is 0 Å². The maximum absolute atomic E-state index is 13.6. The number of aromatic nitrogens is 2.